The van der Waals surface area contributed by atoms with E-state index in [-0.39, 0.29) is 5.75 Å². The lowest BCUT2D eigenvalue weighted by Gasteiger charge is -2.20. The normalized spacial score (nSPS) is 21.1. The first-order valence-electron chi connectivity index (χ1n) is 5.26. The first-order chi connectivity index (χ1) is 7.97. The van der Waals surface area contributed by atoms with Gasteiger partial charge in [-0.05, 0) is 29.4 Å². The Hall–Kier alpha value is -0.880. The highest BCUT2D eigenvalue weighted by molar-refractivity contribution is 7.90. The molecule has 1 N–H and O–H groups in total. The van der Waals surface area contributed by atoms with Crippen LogP contribution in [-0.2, 0) is 23.1 Å². The number of anilines is 1. The van der Waals surface area contributed by atoms with Crippen molar-refractivity contribution in [1.82, 2.24) is 0 Å². The van der Waals surface area contributed by atoms with Crippen molar-refractivity contribution >= 4 is 16.9 Å². The molecule has 17 heavy (non-hydrogen) atoms. The summed E-state index contributed by atoms with van der Waals surface area (Å²) < 4.78 is 49.2. The zero-order valence-corrected chi connectivity index (χ0v) is 9.83. The molecule has 1 aliphatic heterocycles. The molecule has 1 aromatic carbocycles. The van der Waals surface area contributed by atoms with Gasteiger partial charge in [0.1, 0.15) is 11.5 Å². The summed E-state index contributed by atoms with van der Waals surface area (Å²) in [5, 5.41) is 3.06. The van der Waals surface area contributed by atoms with Gasteiger partial charge in [0.25, 0.3) is 0 Å². The van der Waals surface area contributed by atoms with Gasteiger partial charge in [0.15, 0.2) is 0 Å². The molecule has 0 saturated heterocycles. The second-order valence-electron chi connectivity index (χ2n) is 3.94. The number of hydrogen-bond donors (Lipinski definition) is 1. The Morgan fingerprint density at radius 1 is 1.29 bits per heavy atom. The molecule has 0 aromatic heterocycles. The summed E-state index contributed by atoms with van der Waals surface area (Å²) in [6.45, 7) is 0.643. The third-order valence-corrected chi connectivity index (χ3v) is 3.99. The third-order valence-electron chi connectivity index (χ3n) is 2.61. The molecule has 2 rings (SSSR count). The standard InChI is InChI=1S/C11H12F3NOS/c12-11(13,14)9-2-3-10-8(6-9)7-17(16)5-1-4-15-10/h2-3,6,15H,1,4-5,7H2. The second-order valence-corrected chi connectivity index (χ2v) is 5.51. The number of halogens is 3. The Labute approximate surface area is 100 Å². The molecule has 0 bridgehead atoms. The summed E-state index contributed by atoms with van der Waals surface area (Å²) in [6.07, 6.45) is -3.58. The summed E-state index contributed by atoms with van der Waals surface area (Å²) in [5.74, 6) is 0.717. The fourth-order valence-electron chi connectivity index (χ4n) is 1.76. The van der Waals surface area contributed by atoms with Gasteiger partial charge >= 0.3 is 6.18 Å². The first-order valence-corrected chi connectivity index (χ1v) is 6.74. The van der Waals surface area contributed by atoms with Crippen molar-refractivity contribution < 1.29 is 17.7 Å². The largest absolute Gasteiger partial charge is 0.616 e. The predicted octanol–water partition coefficient (Wildman–Crippen LogP) is 2.77. The van der Waals surface area contributed by atoms with Gasteiger partial charge in [-0.3, -0.25) is 0 Å². The number of fused-ring (bicyclic) bond motifs is 1. The lowest BCUT2D eigenvalue weighted by Crippen LogP contribution is -2.19. The Balaban J connectivity index is 2.34. The van der Waals surface area contributed by atoms with E-state index >= 15 is 0 Å². The molecule has 0 aliphatic carbocycles. The number of alkyl halides is 3. The maximum atomic E-state index is 12.5. The average Bonchev–Trinajstić information content (AvgIpc) is 2.21. The Kier molecular flexibility index (Phi) is 3.53. The highest BCUT2D eigenvalue weighted by Gasteiger charge is 2.31. The molecular weight excluding hydrogens is 251 g/mol. The summed E-state index contributed by atoms with van der Waals surface area (Å²) in [5.41, 5.74) is 0.458. The monoisotopic (exact) mass is 263 g/mol. The molecule has 0 amide bonds. The van der Waals surface area contributed by atoms with E-state index in [0.717, 1.165) is 18.6 Å². The van der Waals surface area contributed by atoms with Crippen molar-refractivity contribution in [3.63, 3.8) is 0 Å². The molecule has 1 aromatic rings. The predicted molar refractivity (Wildman–Crippen MR) is 61.3 cm³/mol. The highest BCUT2D eigenvalue weighted by atomic mass is 32.2. The molecule has 0 fully saturated rings. The smallest absolute Gasteiger partial charge is 0.416 e. The van der Waals surface area contributed by atoms with Gasteiger partial charge < -0.3 is 9.87 Å². The van der Waals surface area contributed by atoms with E-state index in [1.807, 2.05) is 0 Å². The van der Waals surface area contributed by atoms with Crippen LogP contribution >= 0.6 is 0 Å². The zero-order chi connectivity index (χ0) is 12.5. The Morgan fingerprint density at radius 3 is 2.76 bits per heavy atom. The number of benzene rings is 1. The van der Waals surface area contributed by atoms with Crippen molar-refractivity contribution in [2.24, 2.45) is 0 Å². The summed E-state index contributed by atoms with van der Waals surface area (Å²) in [4.78, 5) is 0. The fraction of sp³-hybridized carbons (Fsp3) is 0.455. The molecule has 1 unspecified atom stereocenters. The molecular formula is C11H12F3NOS. The maximum absolute atomic E-state index is 12.5. The molecule has 2 nitrogen and oxygen atoms in total. The van der Waals surface area contributed by atoms with Gasteiger partial charge in [-0.15, -0.1) is 0 Å². The van der Waals surface area contributed by atoms with Gasteiger partial charge in [-0.1, -0.05) is 0 Å². The minimum absolute atomic E-state index is 0.187. The molecule has 0 spiro atoms. The SMILES string of the molecule is [O-][S+]1CCCNc2ccc(C(F)(F)F)cc2C1. The number of rotatable bonds is 0. The van der Waals surface area contributed by atoms with Crippen LogP contribution in [0.25, 0.3) is 0 Å². The van der Waals surface area contributed by atoms with E-state index in [4.69, 9.17) is 0 Å². The minimum atomic E-state index is -4.35. The van der Waals surface area contributed by atoms with Crippen LogP contribution in [0.5, 0.6) is 0 Å². The summed E-state index contributed by atoms with van der Waals surface area (Å²) >= 11 is -1.07. The van der Waals surface area contributed by atoms with Gasteiger partial charge in [-0.25, -0.2) is 0 Å². The van der Waals surface area contributed by atoms with E-state index in [9.17, 15) is 17.7 Å². The van der Waals surface area contributed by atoms with Crippen LogP contribution < -0.4 is 5.32 Å². The molecule has 0 radical (unpaired) electrons. The van der Waals surface area contributed by atoms with E-state index in [2.05, 4.69) is 5.32 Å². The number of hydrogen-bond acceptors (Lipinski definition) is 2. The van der Waals surface area contributed by atoms with Crippen molar-refractivity contribution in [3.05, 3.63) is 29.3 Å². The van der Waals surface area contributed by atoms with Crippen molar-refractivity contribution in [2.75, 3.05) is 17.6 Å². The lowest BCUT2D eigenvalue weighted by molar-refractivity contribution is -0.137. The topological polar surface area (TPSA) is 35.1 Å². The molecule has 0 saturated carbocycles. The zero-order valence-electron chi connectivity index (χ0n) is 9.01. The van der Waals surface area contributed by atoms with Gasteiger partial charge in [-0.2, -0.15) is 13.2 Å². The van der Waals surface area contributed by atoms with Crippen LogP contribution in [-0.4, -0.2) is 16.9 Å². The third kappa shape index (κ3) is 3.07. The van der Waals surface area contributed by atoms with Crippen LogP contribution in [0, 0.1) is 0 Å². The molecule has 1 heterocycles. The van der Waals surface area contributed by atoms with Gasteiger partial charge in [0.05, 0.1) is 5.56 Å². The quantitative estimate of drug-likeness (QED) is 0.730. The van der Waals surface area contributed by atoms with Crippen molar-refractivity contribution in [1.29, 1.82) is 0 Å². The van der Waals surface area contributed by atoms with Crippen LogP contribution in [0.3, 0.4) is 0 Å². The van der Waals surface area contributed by atoms with E-state index in [1.54, 1.807) is 0 Å². The maximum Gasteiger partial charge on any atom is 0.416 e. The summed E-state index contributed by atoms with van der Waals surface area (Å²) in [6, 6.07) is 3.56. The van der Waals surface area contributed by atoms with Crippen LogP contribution in [0.15, 0.2) is 18.2 Å². The molecule has 1 atom stereocenters. The highest BCUT2D eigenvalue weighted by Crippen LogP contribution is 2.33. The Morgan fingerprint density at radius 2 is 2.06 bits per heavy atom. The fourth-order valence-corrected chi connectivity index (χ4v) is 2.96. The van der Waals surface area contributed by atoms with E-state index in [1.165, 1.54) is 6.07 Å². The minimum Gasteiger partial charge on any atom is -0.616 e. The Bertz CT molecular complexity index is 408. The molecule has 1 aliphatic rings. The van der Waals surface area contributed by atoms with Crippen LogP contribution in [0.4, 0.5) is 18.9 Å². The summed E-state index contributed by atoms with van der Waals surface area (Å²) in [7, 11) is 0. The second kappa shape index (κ2) is 4.78. The van der Waals surface area contributed by atoms with Crippen molar-refractivity contribution in [2.45, 2.75) is 18.3 Å². The first kappa shape index (κ1) is 12.6. The van der Waals surface area contributed by atoms with Crippen LogP contribution in [0.2, 0.25) is 0 Å². The van der Waals surface area contributed by atoms with Crippen LogP contribution in [0.1, 0.15) is 17.5 Å². The lowest BCUT2D eigenvalue weighted by atomic mass is 10.1. The van der Waals surface area contributed by atoms with Crippen molar-refractivity contribution in [3.8, 4) is 0 Å². The number of nitrogens with one attached hydrogen (secondary N) is 1. The molecule has 6 heteroatoms. The van der Waals surface area contributed by atoms with Gasteiger partial charge in [0, 0.05) is 24.2 Å². The molecule has 94 valence electrons. The van der Waals surface area contributed by atoms with E-state index in [0.29, 0.717) is 23.5 Å². The van der Waals surface area contributed by atoms with E-state index < -0.39 is 22.9 Å². The average molecular weight is 263 g/mol. The van der Waals surface area contributed by atoms with Gasteiger partial charge in [0.2, 0.25) is 0 Å².